The van der Waals surface area contributed by atoms with Crippen molar-refractivity contribution in [3.8, 4) is 0 Å². The van der Waals surface area contributed by atoms with Crippen LogP contribution in [0.5, 0.6) is 0 Å². The van der Waals surface area contributed by atoms with Crippen molar-refractivity contribution < 1.29 is 9.59 Å². The normalized spacial score (nSPS) is 15.9. The minimum absolute atomic E-state index is 0.0710. The Labute approximate surface area is 178 Å². The Bertz CT molecular complexity index is 1350. The van der Waals surface area contributed by atoms with Crippen LogP contribution in [0.15, 0.2) is 78.5 Å². The summed E-state index contributed by atoms with van der Waals surface area (Å²) in [5, 5.41) is 6.01. The first-order chi connectivity index (χ1) is 14.6. The number of ketones is 1. The summed E-state index contributed by atoms with van der Waals surface area (Å²) < 4.78 is 2.17. The molecule has 1 saturated heterocycles. The fraction of sp³-hybridized carbons (Fsp3) is 0.0800. The zero-order valence-electron chi connectivity index (χ0n) is 16.1. The molecule has 3 aromatic carbocycles. The van der Waals surface area contributed by atoms with E-state index in [2.05, 4.69) is 46.3 Å². The van der Waals surface area contributed by atoms with Gasteiger partial charge in [-0.15, -0.1) is 0 Å². The number of carbonyl (C=O) groups excluding carboxylic acids is 2. The molecule has 0 radical (unpaired) electrons. The standard InChI is InChI=1S/C25H18N2O2S/c28-23-13-24(30)26-25(29)21(23)12-18-15-27(22-11-4-3-10-20(18)22)14-17-8-5-7-16-6-1-2-9-19(16)17/h1-12,15H,13-14H2,(H,26,29,30)/b21-12-. The molecule has 1 aliphatic heterocycles. The maximum atomic E-state index is 12.4. The van der Waals surface area contributed by atoms with Crippen LogP contribution in [0.4, 0.5) is 0 Å². The minimum Gasteiger partial charge on any atom is -0.342 e. The smallest absolute Gasteiger partial charge is 0.259 e. The molecule has 5 rings (SSSR count). The number of piperidine rings is 1. The van der Waals surface area contributed by atoms with Crippen LogP contribution in [0.25, 0.3) is 27.8 Å². The van der Waals surface area contributed by atoms with E-state index in [1.165, 1.54) is 16.3 Å². The second-order valence-electron chi connectivity index (χ2n) is 7.40. The lowest BCUT2D eigenvalue weighted by Crippen LogP contribution is -2.39. The third-order valence-electron chi connectivity index (χ3n) is 5.46. The van der Waals surface area contributed by atoms with E-state index < -0.39 is 5.91 Å². The number of aromatic nitrogens is 1. The van der Waals surface area contributed by atoms with Crippen molar-refractivity contribution in [3.63, 3.8) is 0 Å². The van der Waals surface area contributed by atoms with Gasteiger partial charge >= 0.3 is 0 Å². The number of thiocarbonyl (C=S) groups is 1. The van der Waals surface area contributed by atoms with Crippen LogP contribution in [0.1, 0.15) is 17.5 Å². The van der Waals surface area contributed by atoms with E-state index in [0.29, 0.717) is 6.54 Å². The Balaban J connectivity index is 1.61. The number of benzene rings is 3. The summed E-state index contributed by atoms with van der Waals surface area (Å²) in [6, 6.07) is 22.7. The second kappa shape index (κ2) is 7.35. The highest BCUT2D eigenvalue weighted by atomic mass is 32.1. The summed E-state index contributed by atoms with van der Waals surface area (Å²) in [4.78, 5) is 25.0. The number of hydrogen-bond donors (Lipinski definition) is 1. The summed E-state index contributed by atoms with van der Waals surface area (Å²) in [7, 11) is 0. The first-order valence-corrected chi connectivity index (χ1v) is 10.1. The molecule has 4 nitrogen and oxygen atoms in total. The van der Waals surface area contributed by atoms with Crippen LogP contribution in [0.2, 0.25) is 0 Å². The number of fused-ring (bicyclic) bond motifs is 2. The van der Waals surface area contributed by atoms with Gasteiger partial charge in [0, 0.05) is 29.2 Å². The van der Waals surface area contributed by atoms with Gasteiger partial charge in [-0.1, -0.05) is 72.9 Å². The number of hydrogen-bond acceptors (Lipinski definition) is 3. The second-order valence-corrected chi connectivity index (χ2v) is 7.90. The molecule has 0 bridgehead atoms. The zero-order valence-corrected chi connectivity index (χ0v) is 16.9. The molecule has 146 valence electrons. The number of rotatable bonds is 3. The third kappa shape index (κ3) is 3.23. The van der Waals surface area contributed by atoms with Gasteiger partial charge in [-0.3, -0.25) is 9.59 Å². The Kier molecular flexibility index (Phi) is 4.52. The van der Waals surface area contributed by atoms with Crippen LogP contribution >= 0.6 is 12.2 Å². The molecule has 0 atom stereocenters. The van der Waals surface area contributed by atoms with Crippen molar-refractivity contribution in [1.29, 1.82) is 0 Å². The molecular formula is C25H18N2O2S. The number of nitrogens with one attached hydrogen (secondary N) is 1. The van der Waals surface area contributed by atoms with E-state index in [1.54, 1.807) is 6.08 Å². The van der Waals surface area contributed by atoms with Crippen LogP contribution < -0.4 is 5.32 Å². The predicted octanol–water partition coefficient (Wildman–Crippen LogP) is 4.64. The molecule has 1 N–H and O–H groups in total. The Hall–Kier alpha value is -3.57. The van der Waals surface area contributed by atoms with Gasteiger partial charge in [0.15, 0.2) is 5.78 Å². The summed E-state index contributed by atoms with van der Waals surface area (Å²) in [6.45, 7) is 0.690. The van der Waals surface area contributed by atoms with E-state index in [0.717, 1.165) is 16.5 Å². The van der Waals surface area contributed by atoms with Crippen molar-refractivity contribution in [2.75, 3.05) is 0 Å². The predicted molar refractivity (Wildman–Crippen MR) is 123 cm³/mol. The van der Waals surface area contributed by atoms with Gasteiger partial charge in [0.05, 0.1) is 17.0 Å². The third-order valence-corrected chi connectivity index (χ3v) is 5.71. The van der Waals surface area contributed by atoms with Crippen molar-refractivity contribution in [1.82, 2.24) is 9.88 Å². The SMILES string of the molecule is O=C1CC(=S)NC(=O)/C1=C\c1cn(Cc2cccc3ccccc23)c2ccccc12. The number of nitrogens with zero attached hydrogens (tertiary/aromatic N) is 1. The lowest BCUT2D eigenvalue weighted by atomic mass is 10.0. The number of para-hydroxylation sites is 1. The van der Waals surface area contributed by atoms with E-state index >= 15 is 0 Å². The van der Waals surface area contributed by atoms with Crippen LogP contribution in [0.3, 0.4) is 0 Å². The molecule has 1 fully saturated rings. The monoisotopic (exact) mass is 410 g/mol. The van der Waals surface area contributed by atoms with Crippen molar-refractivity contribution in [2.24, 2.45) is 0 Å². The molecule has 1 amide bonds. The fourth-order valence-electron chi connectivity index (χ4n) is 4.04. The first kappa shape index (κ1) is 18.5. The number of amides is 1. The molecule has 1 aliphatic rings. The highest BCUT2D eigenvalue weighted by Crippen LogP contribution is 2.27. The summed E-state index contributed by atoms with van der Waals surface area (Å²) in [5.41, 5.74) is 3.26. The molecule has 0 saturated carbocycles. The van der Waals surface area contributed by atoms with Crippen LogP contribution in [0, 0.1) is 0 Å². The molecule has 0 unspecified atom stereocenters. The molecule has 0 spiro atoms. The van der Waals surface area contributed by atoms with Gasteiger partial charge in [-0.25, -0.2) is 0 Å². The summed E-state index contributed by atoms with van der Waals surface area (Å²) in [5.74, 6) is -0.670. The van der Waals surface area contributed by atoms with E-state index in [9.17, 15) is 9.59 Å². The Morgan fingerprint density at radius 1 is 0.933 bits per heavy atom. The van der Waals surface area contributed by atoms with Crippen molar-refractivity contribution in [2.45, 2.75) is 13.0 Å². The topological polar surface area (TPSA) is 51.1 Å². The average Bonchev–Trinajstić information content (AvgIpc) is 3.08. The lowest BCUT2D eigenvalue weighted by Gasteiger charge is -2.14. The maximum Gasteiger partial charge on any atom is 0.259 e. The quantitative estimate of drug-likeness (QED) is 0.304. The van der Waals surface area contributed by atoms with Crippen LogP contribution in [-0.4, -0.2) is 21.2 Å². The summed E-state index contributed by atoms with van der Waals surface area (Å²) in [6.07, 6.45) is 3.76. The Morgan fingerprint density at radius 3 is 2.50 bits per heavy atom. The molecule has 1 aromatic heterocycles. The van der Waals surface area contributed by atoms with Gasteiger partial charge in [0.2, 0.25) is 0 Å². The summed E-state index contributed by atoms with van der Waals surface area (Å²) >= 11 is 4.99. The average molecular weight is 410 g/mol. The largest absolute Gasteiger partial charge is 0.342 e. The molecule has 5 heteroatoms. The molecule has 30 heavy (non-hydrogen) atoms. The maximum absolute atomic E-state index is 12.4. The highest BCUT2D eigenvalue weighted by Gasteiger charge is 2.26. The number of Topliss-reactive ketones (excluding diaryl/α,β-unsaturated/α-hetero) is 1. The lowest BCUT2D eigenvalue weighted by molar-refractivity contribution is -0.122. The van der Waals surface area contributed by atoms with Gasteiger partial charge < -0.3 is 9.88 Å². The van der Waals surface area contributed by atoms with Crippen molar-refractivity contribution in [3.05, 3.63) is 89.6 Å². The van der Waals surface area contributed by atoms with Gasteiger partial charge in [-0.2, -0.15) is 0 Å². The molecule has 2 heterocycles. The highest BCUT2D eigenvalue weighted by molar-refractivity contribution is 7.80. The fourth-order valence-corrected chi connectivity index (χ4v) is 4.27. The van der Waals surface area contributed by atoms with E-state index in [1.807, 2.05) is 36.5 Å². The molecular weight excluding hydrogens is 392 g/mol. The first-order valence-electron chi connectivity index (χ1n) is 9.74. The van der Waals surface area contributed by atoms with Crippen molar-refractivity contribution >= 4 is 56.6 Å². The van der Waals surface area contributed by atoms with Crippen LogP contribution in [-0.2, 0) is 16.1 Å². The van der Waals surface area contributed by atoms with E-state index in [-0.39, 0.29) is 22.8 Å². The molecule has 4 aromatic rings. The van der Waals surface area contributed by atoms with Gasteiger partial charge in [-0.05, 0) is 28.5 Å². The molecule has 0 aliphatic carbocycles. The minimum atomic E-state index is -0.429. The van der Waals surface area contributed by atoms with Gasteiger partial charge in [0.25, 0.3) is 5.91 Å². The zero-order chi connectivity index (χ0) is 20.7. The Morgan fingerprint density at radius 2 is 1.67 bits per heavy atom. The van der Waals surface area contributed by atoms with Gasteiger partial charge in [0.1, 0.15) is 0 Å². The number of carbonyl (C=O) groups is 2. The van der Waals surface area contributed by atoms with E-state index in [4.69, 9.17) is 12.2 Å².